The van der Waals surface area contributed by atoms with Crippen molar-refractivity contribution in [1.82, 2.24) is 24.5 Å². The van der Waals surface area contributed by atoms with Crippen LogP contribution in [-0.4, -0.2) is 50.9 Å². The first-order valence-electron chi connectivity index (χ1n) is 7.00. The van der Waals surface area contributed by atoms with Gasteiger partial charge >= 0.3 is 0 Å². The summed E-state index contributed by atoms with van der Waals surface area (Å²) in [6, 6.07) is 3.82. The first kappa shape index (κ1) is 18.3. The van der Waals surface area contributed by atoms with E-state index in [2.05, 4.69) is 15.5 Å². The average Bonchev–Trinajstić information content (AvgIpc) is 2.93. The van der Waals surface area contributed by atoms with E-state index >= 15 is 0 Å². The Morgan fingerprint density at radius 2 is 2.00 bits per heavy atom. The van der Waals surface area contributed by atoms with Gasteiger partial charge in [-0.15, -0.1) is 5.10 Å². The van der Waals surface area contributed by atoms with Gasteiger partial charge in [0.1, 0.15) is 0 Å². The summed E-state index contributed by atoms with van der Waals surface area (Å²) in [7, 11) is -2.17. The molecule has 0 aliphatic heterocycles. The molecule has 0 fully saturated rings. The molecule has 1 heterocycles. The number of hydrogen-bond donors (Lipinski definition) is 0. The Bertz CT molecular complexity index is 847. The lowest BCUT2D eigenvalue weighted by atomic mass is 10.3. The minimum atomic E-state index is -3.77. The van der Waals surface area contributed by atoms with Crippen molar-refractivity contribution in [2.45, 2.75) is 28.8 Å². The van der Waals surface area contributed by atoms with Gasteiger partial charge in [-0.3, -0.25) is 10.1 Å². The fourth-order valence-electron chi connectivity index (χ4n) is 2.01. The van der Waals surface area contributed by atoms with Crippen LogP contribution in [0.2, 0.25) is 0 Å². The largest absolute Gasteiger partial charge is 0.284 e. The maximum Gasteiger partial charge on any atom is 0.284 e. The fourth-order valence-corrected chi connectivity index (χ4v) is 4.30. The van der Waals surface area contributed by atoms with Crippen molar-refractivity contribution >= 4 is 27.5 Å². The van der Waals surface area contributed by atoms with Crippen LogP contribution in [0.15, 0.2) is 33.1 Å². The molecule has 0 bridgehead atoms. The average molecular weight is 372 g/mol. The van der Waals surface area contributed by atoms with Crippen LogP contribution in [-0.2, 0) is 17.1 Å². The first-order valence-corrected chi connectivity index (χ1v) is 9.25. The summed E-state index contributed by atoms with van der Waals surface area (Å²) in [5, 5.41) is 22.6. The number of aryl methyl sites for hydroxylation is 1. The highest BCUT2D eigenvalue weighted by Gasteiger charge is 2.26. The molecule has 0 aliphatic carbocycles. The minimum Gasteiger partial charge on any atom is -0.258 e. The van der Waals surface area contributed by atoms with Crippen molar-refractivity contribution in [2.75, 3.05) is 13.1 Å². The van der Waals surface area contributed by atoms with Crippen LogP contribution in [0.3, 0.4) is 0 Å². The number of tetrazole rings is 1. The van der Waals surface area contributed by atoms with Gasteiger partial charge in [0.2, 0.25) is 15.2 Å². The lowest BCUT2D eigenvalue weighted by molar-refractivity contribution is -0.388. The van der Waals surface area contributed by atoms with E-state index in [1.165, 1.54) is 21.1 Å². The molecule has 0 spiro atoms. The Morgan fingerprint density at radius 3 is 2.50 bits per heavy atom. The zero-order chi connectivity index (χ0) is 17.9. The minimum absolute atomic E-state index is 0.113. The Morgan fingerprint density at radius 1 is 1.33 bits per heavy atom. The number of sulfonamides is 1. The smallest absolute Gasteiger partial charge is 0.258 e. The van der Waals surface area contributed by atoms with Gasteiger partial charge in [-0.2, -0.15) is 4.31 Å². The van der Waals surface area contributed by atoms with E-state index < -0.39 is 14.9 Å². The molecule has 0 radical (unpaired) electrons. The standard InChI is InChI=1S/C12H16N6O4S2/c1-4-17(5-2)24(21,22)9-6-7-11(10(8-9)18(19)20)23-12-13-14-15-16(12)3/h6-8H,4-5H2,1-3H3. The Labute approximate surface area is 143 Å². The monoisotopic (exact) mass is 372 g/mol. The second kappa shape index (κ2) is 7.23. The number of hydrogen-bond acceptors (Lipinski definition) is 8. The Hall–Kier alpha value is -2.05. The van der Waals surface area contributed by atoms with Crippen LogP contribution < -0.4 is 0 Å². The summed E-state index contributed by atoms with van der Waals surface area (Å²) in [6.45, 7) is 3.99. The molecule has 0 atom stereocenters. The van der Waals surface area contributed by atoms with Crippen LogP contribution >= 0.6 is 11.8 Å². The second-order valence-corrected chi connectivity index (χ2v) is 7.61. The molecule has 0 saturated carbocycles. The van der Waals surface area contributed by atoms with E-state index in [-0.39, 0.29) is 28.6 Å². The third kappa shape index (κ3) is 3.55. The molecule has 1 aromatic carbocycles. The van der Waals surface area contributed by atoms with Crippen molar-refractivity contribution in [1.29, 1.82) is 0 Å². The fraction of sp³-hybridized carbons (Fsp3) is 0.417. The lowest BCUT2D eigenvalue weighted by Crippen LogP contribution is -2.30. The van der Waals surface area contributed by atoms with Gasteiger partial charge in [0.05, 0.1) is 14.7 Å². The molecule has 1 aromatic heterocycles. The molecule has 24 heavy (non-hydrogen) atoms. The molecule has 0 N–H and O–H groups in total. The zero-order valence-electron chi connectivity index (χ0n) is 13.3. The van der Waals surface area contributed by atoms with Crippen molar-refractivity contribution in [3.8, 4) is 0 Å². The Balaban J connectivity index is 2.47. The lowest BCUT2D eigenvalue weighted by Gasteiger charge is -2.18. The summed E-state index contributed by atoms with van der Waals surface area (Å²) in [4.78, 5) is 10.9. The molecular weight excluding hydrogens is 356 g/mol. The predicted octanol–water partition coefficient (Wildman–Crippen LogP) is 1.30. The van der Waals surface area contributed by atoms with Crippen molar-refractivity contribution in [3.63, 3.8) is 0 Å². The van der Waals surface area contributed by atoms with Crippen LogP contribution in [0.4, 0.5) is 5.69 Å². The van der Waals surface area contributed by atoms with Crippen molar-refractivity contribution in [2.24, 2.45) is 7.05 Å². The van der Waals surface area contributed by atoms with Crippen LogP contribution in [0.25, 0.3) is 0 Å². The highest BCUT2D eigenvalue weighted by Crippen LogP contribution is 2.35. The second-order valence-electron chi connectivity index (χ2n) is 4.66. The molecule has 2 rings (SSSR count). The van der Waals surface area contributed by atoms with Crippen molar-refractivity contribution in [3.05, 3.63) is 28.3 Å². The van der Waals surface area contributed by atoms with E-state index in [0.717, 1.165) is 17.8 Å². The number of benzene rings is 1. The zero-order valence-corrected chi connectivity index (χ0v) is 14.9. The van der Waals surface area contributed by atoms with Gasteiger partial charge < -0.3 is 0 Å². The highest BCUT2D eigenvalue weighted by atomic mass is 32.2. The first-order chi connectivity index (χ1) is 11.3. The molecule has 10 nitrogen and oxygen atoms in total. The van der Waals surface area contributed by atoms with Gasteiger partial charge in [0.15, 0.2) is 0 Å². The molecule has 0 unspecified atom stereocenters. The molecule has 12 heteroatoms. The molecule has 0 amide bonds. The number of aromatic nitrogens is 4. The van der Waals surface area contributed by atoms with Crippen molar-refractivity contribution < 1.29 is 13.3 Å². The van der Waals surface area contributed by atoms with Crippen LogP contribution in [0, 0.1) is 10.1 Å². The third-order valence-corrected chi connectivity index (χ3v) is 6.39. The van der Waals surface area contributed by atoms with E-state index in [1.807, 2.05) is 0 Å². The van der Waals surface area contributed by atoms with Crippen LogP contribution in [0.1, 0.15) is 13.8 Å². The molecule has 0 saturated heterocycles. The molecular formula is C12H16N6O4S2. The number of rotatable bonds is 7. The van der Waals surface area contributed by atoms with Gasteiger partial charge in [0.25, 0.3) is 5.69 Å². The molecule has 2 aromatic rings. The summed E-state index contributed by atoms with van der Waals surface area (Å²) in [5.41, 5.74) is -0.309. The molecule has 0 aliphatic rings. The van der Waals surface area contributed by atoms with E-state index in [4.69, 9.17) is 0 Å². The van der Waals surface area contributed by atoms with Gasteiger partial charge in [-0.05, 0) is 34.3 Å². The van der Waals surface area contributed by atoms with Gasteiger partial charge in [0, 0.05) is 26.2 Å². The highest BCUT2D eigenvalue weighted by molar-refractivity contribution is 7.99. The number of nitro benzene ring substituents is 1. The van der Waals surface area contributed by atoms with E-state index in [9.17, 15) is 18.5 Å². The SMILES string of the molecule is CCN(CC)S(=O)(=O)c1ccc(Sc2nnnn2C)c([N+](=O)[O-])c1. The van der Waals surface area contributed by atoms with Gasteiger partial charge in [-0.25, -0.2) is 13.1 Å². The van der Waals surface area contributed by atoms with E-state index in [1.54, 1.807) is 20.9 Å². The summed E-state index contributed by atoms with van der Waals surface area (Å²) in [6.07, 6.45) is 0. The third-order valence-electron chi connectivity index (χ3n) is 3.25. The number of nitro groups is 1. The van der Waals surface area contributed by atoms with E-state index in [0.29, 0.717) is 5.16 Å². The summed E-state index contributed by atoms with van der Waals surface area (Å²) in [5.74, 6) is 0. The summed E-state index contributed by atoms with van der Waals surface area (Å²) < 4.78 is 27.6. The Kier molecular flexibility index (Phi) is 5.51. The quantitative estimate of drug-likeness (QED) is 0.526. The normalized spacial score (nSPS) is 11.8. The number of nitrogens with zero attached hydrogens (tertiary/aromatic N) is 6. The maximum absolute atomic E-state index is 12.5. The van der Waals surface area contributed by atoms with Crippen LogP contribution in [0.5, 0.6) is 0 Å². The predicted molar refractivity (Wildman–Crippen MR) is 86.1 cm³/mol. The summed E-state index contributed by atoms with van der Waals surface area (Å²) >= 11 is 0.992. The van der Waals surface area contributed by atoms with Gasteiger partial charge in [-0.1, -0.05) is 13.8 Å². The maximum atomic E-state index is 12.5. The topological polar surface area (TPSA) is 124 Å². The molecule has 130 valence electrons.